The summed E-state index contributed by atoms with van der Waals surface area (Å²) in [4.78, 5) is 4.35. The Balaban J connectivity index is 1.82. The molecule has 3 aromatic rings. The van der Waals surface area contributed by atoms with Gasteiger partial charge in [0.15, 0.2) is 11.9 Å². The lowest BCUT2D eigenvalue weighted by Gasteiger charge is -2.19. The Morgan fingerprint density at radius 1 is 1.12 bits per heavy atom. The number of benzene rings is 2. The zero-order chi connectivity index (χ0) is 17.2. The maximum Gasteiger partial charge on any atom is 0.339 e. The first-order valence-electron chi connectivity index (χ1n) is 7.93. The zero-order valence-corrected chi connectivity index (χ0v) is 13.5. The topological polar surface area (TPSA) is 89.4 Å². The number of phenols is 1. The summed E-state index contributed by atoms with van der Waals surface area (Å²) in [5.41, 5.74) is 3.10. The molecule has 0 amide bonds. The van der Waals surface area contributed by atoms with Gasteiger partial charge in [-0.05, 0) is 37.3 Å². The van der Waals surface area contributed by atoms with Crippen molar-refractivity contribution >= 4 is 5.69 Å². The fraction of sp³-hybridized carbons (Fsp3) is 0.167. The van der Waals surface area contributed by atoms with E-state index in [0.717, 1.165) is 16.8 Å². The van der Waals surface area contributed by atoms with Crippen molar-refractivity contribution in [2.75, 3.05) is 11.9 Å². The van der Waals surface area contributed by atoms with E-state index in [9.17, 15) is 5.11 Å². The van der Waals surface area contributed by atoms with Crippen molar-refractivity contribution in [3.8, 4) is 28.9 Å². The molecule has 25 heavy (non-hydrogen) atoms. The smallest absolute Gasteiger partial charge is 0.339 e. The zero-order valence-electron chi connectivity index (χ0n) is 13.5. The van der Waals surface area contributed by atoms with Gasteiger partial charge in [0.2, 0.25) is 5.88 Å². The summed E-state index contributed by atoms with van der Waals surface area (Å²) in [5.74, 6) is 0.537. The number of rotatable bonds is 3. The molecule has 0 fully saturated rings. The van der Waals surface area contributed by atoms with E-state index in [1.165, 1.54) is 0 Å². The number of aromatic hydroxyl groups is 1. The molecule has 0 spiro atoms. The standard InChI is InChI=1S/C18H16N4O3/c1-2-24-18-20-17-15(21-22-18)13-5-3-4-6-14(13)19-16(25-17)11-7-9-12(23)10-8-11/h3-10,16,19,23H,2H2,1H3. The molecule has 2 heterocycles. The Hall–Kier alpha value is -3.35. The molecular weight excluding hydrogens is 320 g/mol. The number of fused-ring (bicyclic) bond motifs is 3. The molecule has 0 bridgehead atoms. The number of phenolic OH excluding ortho intramolecular Hbond substituents is 1. The fourth-order valence-electron chi connectivity index (χ4n) is 2.64. The predicted molar refractivity (Wildman–Crippen MR) is 91.5 cm³/mol. The summed E-state index contributed by atoms with van der Waals surface area (Å²) in [5, 5.41) is 21.1. The van der Waals surface area contributed by atoms with Crippen LogP contribution in [0.3, 0.4) is 0 Å². The molecule has 0 aliphatic carbocycles. The van der Waals surface area contributed by atoms with Crippen LogP contribution in [0.5, 0.6) is 17.6 Å². The monoisotopic (exact) mass is 336 g/mol. The number of hydrogen-bond donors (Lipinski definition) is 2. The molecule has 7 heteroatoms. The maximum atomic E-state index is 9.51. The van der Waals surface area contributed by atoms with Gasteiger partial charge >= 0.3 is 6.01 Å². The number of aromatic nitrogens is 3. The highest BCUT2D eigenvalue weighted by Crippen LogP contribution is 2.39. The van der Waals surface area contributed by atoms with E-state index in [1.54, 1.807) is 24.3 Å². The summed E-state index contributed by atoms with van der Waals surface area (Å²) in [6, 6.07) is 14.7. The number of nitrogens with zero attached hydrogens (tertiary/aromatic N) is 3. The second-order valence-electron chi connectivity index (χ2n) is 5.46. The minimum Gasteiger partial charge on any atom is -0.508 e. The summed E-state index contributed by atoms with van der Waals surface area (Å²) in [6.45, 7) is 2.29. The van der Waals surface area contributed by atoms with Crippen LogP contribution in [0, 0.1) is 0 Å². The van der Waals surface area contributed by atoms with Crippen LogP contribution in [-0.2, 0) is 0 Å². The normalized spacial score (nSPS) is 15.2. The number of nitrogens with one attached hydrogen (secondary N) is 1. The lowest BCUT2D eigenvalue weighted by molar-refractivity contribution is 0.220. The lowest BCUT2D eigenvalue weighted by atomic mass is 10.1. The van der Waals surface area contributed by atoms with Crippen molar-refractivity contribution in [1.29, 1.82) is 0 Å². The molecule has 1 aromatic heterocycles. The van der Waals surface area contributed by atoms with Crippen molar-refractivity contribution in [2.24, 2.45) is 0 Å². The van der Waals surface area contributed by atoms with Crippen LogP contribution in [0.15, 0.2) is 48.5 Å². The summed E-state index contributed by atoms with van der Waals surface area (Å²) >= 11 is 0. The van der Waals surface area contributed by atoms with Crippen LogP contribution in [-0.4, -0.2) is 26.9 Å². The van der Waals surface area contributed by atoms with Gasteiger partial charge in [-0.25, -0.2) is 0 Å². The number of hydrogen-bond acceptors (Lipinski definition) is 7. The van der Waals surface area contributed by atoms with E-state index < -0.39 is 6.23 Å². The number of para-hydroxylation sites is 1. The molecule has 126 valence electrons. The van der Waals surface area contributed by atoms with Crippen molar-refractivity contribution in [3.63, 3.8) is 0 Å². The Morgan fingerprint density at radius 3 is 2.72 bits per heavy atom. The molecule has 2 aromatic carbocycles. The van der Waals surface area contributed by atoms with Gasteiger partial charge in [0.25, 0.3) is 0 Å². The van der Waals surface area contributed by atoms with Crippen LogP contribution in [0.1, 0.15) is 18.7 Å². The van der Waals surface area contributed by atoms with Crippen LogP contribution >= 0.6 is 0 Å². The molecule has 0 saturated heterocycles. The number of anilines is 1. The Morgan fingerprint density at radius 2 is 1.92 bits per heavy atom. The van der Waals surface area contributed by atoms with Gasteiger partial charge in [-0.2, -0.15) is 4.98 Å². The third-order valence-electron chi connectivity index (χ3n) is 3.80. The van der Waals surface area contributed by atoms with Gasteiger partial charge in [0.1, 0.15) is 5.75 Å². The largest absolute Gasteiger partial charge is 0.508 e. The quantitative estimate of drug-likeness (QED) is 0.759. The van der Waals surface area contributed by atoms with E-state index in [4.69, 9.17) is 9.47 Å². The third kappa shape index (κ3) is 2.91. The first-order chi connectivity index (χ1) is 12.2. The highest BCUT2D eigenvalue weighted by Gasteiger charge is 2.26. The first kappa shape index (κ1) is 15.2. The molecule has 1 unspecified atom stereocenters. The second-order valence-corrected chi connectivity index (χ2v) is 5.46. The highest BCUT2D eigenvalue weighted by atomic mass is 16.5. The molecule has 7 nitrogen and oxygen atoms in total. The second kappa shape index (κ2) is 6.27. The van der Waals surface area contributed by atoms with E-state index in [2.05, 4.69) is 20.5 Å². The average Bonchev–Trinajstić information content (AvgIpc) is 2.79. The Kier molecular flexibility index (Phi) is 3.81. The van der Waals surface area contributed by atoms with Gasteiger partial charge in [-0.15, -0.1) is 5.10 Å². The fourth-order valence-corrected chi connectivity index (χ4v) is 2.64. The molecule has 2 N–H and O–H groups in total. The Labute approximate surface area is 144 Å². The van der Waals surface area contributed by atoms with Gasteiger partial charge in [0.05, 0.1) is 6.61 Å². The van der Waals surface area contributed by atoms with Crippen LogP contribution in [0.4, 0.5) is 5.69 Å². The predicted octanol–water partition coefficient (Wildman–Crippen LogP) is 3.15. The minimum absolute atomic E-state index is 0.171. The van der Waals surface area contributed by atoms with Crippen LogP contribution in [0.25, 0.3) is 11.3 Å². The van der Waals surface area contributed by atoms with E-state index in [0.29, 0.717) is 18.2 Å². The summed E-state index contributed by atoms with van der Waals surface area (Å²) in [7, 11) is 0. The van der Waals surface area contributed by atoms with Gasteiger partial charge in [-0.1, -0.05) is 23.3 Å². The van der Waals surface area contributed by atoms with Crippen LogP contribution < -0.4 is 14.8 Å². The van der Waals surface area contributed by atoms with Crippen molar-refractivity contribution in [1.82, 2.24) is 15.2 Å². The minimum atomic E-state index is -0.492. The third-order valence-corrected chi connectivity index (χ3v) is 3.80. The molecule has 1 aliphatic rings. The van der Waals surface area contributed by atoms with Gasteiger partial charge in [0, 0.05) is 16.8 Å². The molecule has 1 atom stereocenters. The van der Waals surface area contributed by atoms with Crippen molar-refractivity contribution in [2.45, 2.75) is 13.2 Å². The lowest BCUT2D eigenvalue weighted by Crippen LogP contribution is -2.17. The maximum absolute atomic E-state index is 9.51. The average molecular weight is 336 g/mol. The number of ether oxygens (including phenoxy) is 2. The van der Waals surface area contributed by atoms with Gasteiger partial charge in [-0.3, -0.25) is 0 Å². The van der Waals surface area contributed by atoms with Crippen molar-refractivity contribution in [3.05, 3.63) is 54.1 Å². The highest BCUT2D eigenvalue weighted by molar-refractivity contribution is 5.79. The SMILES string of the molecule is CCOc1nnc2c(n1)OC(c1ccc(O)cc1)Nc1ccccc1-2. The van der Waals surface area contributed by atoms with E-state index in [-0.39, 0.29) is 11.8 Å². The molecule has 1 aliphatic heterocycles. The van der Waals surface area contributed by atoms with Gasteiger partial charge < -0.3 is 19.9 Å². The van der Waals surface area contributed by atoms with Crippen molar-refractivity contribution < 1.29 is 14.6 Å². The summed E-state index contributed by atoms with van der Waals surface area (Å²) in [6.07, 6.45) is -0.492. The van der Waals surface area contributed by atoms with Crippen LogP contribution in [0.2, 0.25) is 0 Å². The molecular formula is C18H16N4O3. The Bertz CT molecular complexity index is 899. The molecule has 4 rings (SSSR count). The molecule has 0 radical (unpaired) electrons. The van der Waals surface area contributed by atoms with E-state index >= 15 is 0 Å². The van der Waals surface area contributed by atoms with E-state index in [1.807, 2.05) is 31.2 Å². The molecule has 0 saturated carbocycles. The summed E-state index contributed by atoms with van der Waals surface area (Å²) < 4.78 is 11.4. The first-order valence-corrected chi connectivity index (χ1v) is 7.93.